The first kappa shape index (κ1) is 15.7. The molecule has 7 heteroatoms. The topological polar surface area (TPSA) is 55.6 Å². The number of aryl methyl sites for hydroxylation is 2. The molecule has 2 heterocycles. The number of hydrogen-bond donors (Lipinski definition) is 1. The van der Waals surface area contributed by atoms with E-state index in [0.29, 0.717) is 0 Å². The van der Waals surface area contributed by atoms with Crippen molar-refractivity contribution < 1.29 is 4.39 Å². The standard InChI is InChI=1S/C16H17ClFN5/c1-3-4-7-23-14-8-11(5-6-12(14)10(2)22-23)20-15-13(18)9-19-16(17)21-15/h5-6,8-9H,3-4,7H2,1-2H3,(H,19,20,21). The van der Waals surface area contributed by atoms with E-state index < -0.39 is 5.82 Å². The van der Waals surface area contributed by atoms with Crippen LogP contribution >= 0.6 is 11.6 Å². The lowest BCUT2D eigenvalue weighted by atomic mass is 10.2. The van der Waals surface area contributed by atoms with Crippen molar-refractivity contribution in [2.45, 2.75) is 33.2 Å². The molecule has 0 amide bonds. The van der Waals surface area contributed by atoms with Crippen LogP contribution in [0.4, 0.5) is 15.9 Å². The second kappa shape index (κ2) is 6.50. The first-order valence-corrected chi connectivity index (χ1v) is 7.88. The van der Waals surface area contributed by atoms with E-state index >= 15 is 0 Å². The Morgan fingerprint density at radius 1 is 1.35 bits per heavy atom. The Bertz CT molecular complexity index is 846. The van der Waals surface area contributed by atoms with Crippen LogP contribution in [-0.4, -0.2) is 19.7 Å². The molecular formula is C16H17ClFN5. The van der Waals surface area contributed by atoms with E-state index in [4.69, 9.17) is 11.6 Å². The first-order valence-electron chi connectivity index (χ1n) is 7.50. The average Bonchev–Trinajstić information content (AvgIpc) is 2.85. The number of rotatable bonds is 5. The third-order valence-corrected chi connectivity index (χ3v) is 3.82. The van der Waals surface area contributed by atoms with E-state index in [1.165, 1.54) is 0 Å². The maximum Gasteiger partial charge on any atom is 0.224 e. The minimum absolute atomic E-state index is 0.00110. The van der Waals surface area contributed by atoms with E-state index in [1.807, 2.05) is 29.8 Å². The van der Waals surface area contributed by atoms with Gasteiger partial charge in [-0.3, -0.25) is 4.68 Å². The van der Waals surface area contributed by atoms with Gasteiger partial charge in [0.05, 0.1) is 17.4 Å². The molecule has 3 rings (SSSR count). The fourth-order valence-electron chi connectivity index (χ4n) is 2.47. The lowest BCUT2D eigenvalue weighted by molar-refractivity contribution is 0.584. The van der Waals surface area contributed by atoms with Gasteiger partial charge in [0.2, 0.25) is 5.28 Å². The Kier molecular flexibility index (Phi) is 4.43. The molecule has 0 unspecified atom stereocenters. The molecule has 0 aliphatic heterocycles. The molecule has 0 saturated carbocycles. The summed E-state index contributed by atoms with van der Waals surface area (Å²) in [6.45, 7) is 4.99. The van der Waals surface area contributed by atoms with Crippen molar-refractivity contribution in [3.63, 3.8) is 0 Å². The molecule has 0 spiro atoms. The highest BCUT2D eigenvalue weighted by Crippen LogP contribution is 2.25. The van der Waals surface area contributed by atoms with Gasteiger partial charge in [0.15, 0.2) is 11.6 Å². The zero-order valence-electron chi connectivity index (χ0n) is 13.0. The number of nitrogens with one attached hydrogen (secondary N) is 1. The van der Waals surface area contributed by atoms with Crippen molar-refractivity contribution in [1.29, 1.82) is 0 Å². The van der Waals surface area contributed by atoms with Crippen molar-refractivity contribution in [3.05, 3.63) is 41.2 Å². The van der Waals surface area contributed by atoms with E-state index in [0.717, 1.165) is 47.9 Å². The van der Waals surface area contributed by atoms with Gasteiger partial charge in [0, 0.05) is 17.6 Å². The lowest BCUT2D eigenvalue weighted by Crippen LogP contribution is -2.01. The van der Waals surface area contributed by atoms with Crippen LogP contribution in [0.25, 0.3) is 10.9 Å². The van der Waals surface area contributed by atoms with Gasteiger partial charge in [-0.05, 0) is 43.1 Å². The summed E-state index contributed by atoms with van der Waals surface area (Å²) in [6, 6.07) is 5.79. The highest BCUT2D eigenvalue weighted by molar-refractivity contribution is 6.28. The van der Waals surface area contributed by atoms with Crippen LogP contribution in [0.3, 0.4) is 0 Å². The van der Waals surface area contributed by atoms with Gasteiger partial charge < -0.3 is 5.32 Å². The SMILES string of the molecule is CCCCn1nc(C)c2ccc(Nc3nc(Cl)ncc3F)cc21. The summed E-state index contributed by atoms with van der Waals surface area (Å²) < 4.78 is 15.7. The molecule has 2 aromatic heterocycles. The van der Waals surface area contributed by atoms with Crippen molar-refractivity contribution in [2.75, 3.05) is 5.32 Å². The quantitative estimate of drug-likeness (QED) is 0.700. The van der Waals surface area contributed by atoms with Gasteiger partial charge in [-0.2, -0.15) is 10.1 Å². The van der Waals surface area contributed by atoms with Crippen molar-refractivity contribution >= 4 is 34.0 Å². The predicted octanol–water partition coefficient (Wildman–Crippen LogP) is 4.47. The molecule has 0 saturated heterocycles. The number of nitrogens with zero attached hydrogens (tertiary/aromatic N) is 4. The van der Waals surface area contributed by atoms with Crippen molar-refractivity contribution in [3.8, 4) is 0 Å². The Morgan fingerprint density at radius 3 is 2.96 bits per heavy atom. The van der Waals surface area contributed by atoms with Crippen LogP contribution in [0.5, 0.6) is 0 Å². The van der Waals surface area contributed by atoms with Gasteiger partial charge in [-0.25, -0.2) is 9.37 Å². The van der Waals surface area contributed by atoms with Gasteiger partial charge in [-0.15, -0.1) is 0 Å². The number of benzene rings is 1. The maximum absolute atomic E-state index is 13.8. The van der Waals surface area contributed by atoms with Gasteiger partial charge in [0.25, 0.3) is 0 Å². The summed E-state index contributed by atoms with van der Waals surface area (Å²) in [5.74, 6) is -0.495. The molecule has 1 aromatic carbocycles. The third-order valence-electron chi connectivity index (χ3n) is 3.64. The molecule has 5 nitrogen and oxygen atoms in total. The minimum Gasteiger partial charge on any atom is -0.338 e. The Labute approximate surface area is 138 Å². The molecule has 23 heavy (non-hydrogen) atoms. The fraction of sp³-hybridized carbons (Fsp3) is 0.312. The van der Waals surface area contributed by atoms with E-state index in [9.17, 15) is 4.39 Å². The molecule has 0 atom stereocenters. The first-order chi connectivity index (χ1) is 11.1. The Morgan fingerprint density at radius 2 is 2.17 bits per heavy atom. The summed E-state index contributed by atoms with van der Waals surface area (Å²) in [7, 11) is 0. The van der Waals surface area contributed by atoms with Crippen LogP contribution in [0.2, 0.25) is 5.28 Å². The second-order valence-electron chi connectivity index (χ2n) is 5.35. The lowest BCUT2D eigenvalue weighted by Gasteiger charge is -2.08. The van der Waals surface area contributed by atoms with Crippen LogP contribution in [0.1, 0.15) is 25.5 Å². The van der Waals surface area contributed by atoms with Crippen LogP contribution in [0, 0.1) is 12.7 Å². The summed E-state index contributed by atoms with van der Waals surface area (Å²) in [6.07, 6.45) is 3.21. The average molecular weight is 334 g/mol. The van der Waals surface area contributed by atoms with Crippen LogP contribution in [0.15, 0.2) is 24.4 Å². The molecular weight excluding hydrogens is 317 g/mol. The monoisotopic (exact) mass is 333 g/mol. The molecule has 120 valence electrons. The molecule has 1 N–H and O–H groups in total. The third kappa shape index (κ3) is 3.27. The Hall–Kier alpha value is -2.21. The predicted molar refractivity (Wildman–Crippen MR) is 89.7 cm³/mol. The van der Waals surface area contributed by atoms with E-state index in [1.54, 1.807) is 0 Å². The van der Waals surface area contributed by atoms with Crippen molar-refractivity contribution in [2.24, 2.45) is 0 Å². The van der Waals surface area contributed by atoms with Crippen LogP contribution in [-0.2, 0) is 6.54 Å². The highest BCUT2D eigenvalue weighted by atomic mass is 35.5. The number of hydrogen-bond acceptors (Lipinski definition) is 4. The summed E-state index contributed by atoms with van der Waals surface area (Å²) in [4.78, 5) is 7.48. The van der Waals surface area contributed by atoms with E-state index in [-0.39, 0.29) is 11.1 Å². The van der Waals surface area contributed by atoms with E-state index in [2.05, 4.69) is 27.3 Å². The number of anilines is 2. The number of fused-ring (bicyclic) bond motifs is 1. The fourth-order valence-corrected chi connectivity index (χ4v) is 2.60. The molecule has 3 aromatic rings. The smallest absolute Gasteiger partial charge is 0.224 e. The molecule has 0 bridgehead atoms. The summed E-state index contributed by atoms with van der Waals surface area (Å²) in [5, 5.41) is 8.61. The molecule has 0 radical (unpaired) electrons. The second-order valence-corrected chi connectivity index (χ2v) is 5.69. The number of aromatic nitrogens is 4. The van der Waals surface area contributed by atoms with Gasteiger partial charge >= 0.3 is 0 Å². The van der Waals surface area contributed by atoms with Crippen LogP contribution < -0.4 is 5.32 Å². The molecule has 0 aliphatic carbocycles. The minimum atomic E-state index is -0.551. The Balaban J connectivity index is 1.97. The highest BCUT2D eigenvalue weighted by Gasteiger charge is 2.10. The maximum atomic E-state index is 13.8. The van der Waals surface area contributed by atoms with Gasteiger partial charge in [-0.1, -0.05) is 13.3 Å². The van der Waals surface area contributed by atoms with Gasteiger partial charge in [0.1, 0.15) is 0 Å². The largest absolute Gasteiger partial charge is 0.338 e. The normalized spacial score (nSPS) is 11.1. The zero-order valence-corrected chi connectivity index (χ0v) is 13.7. The number of unbranched alkanes of at least 4 members (excludes halogenated alkanes) is 1. The summed E-state index contributed by atoms with van der Waals surface area (Å²) in [5.41, 5.74) is 2.73. The molecule has 0 aliphatic rings. The van der Waals surface area contributed by atoms with Crippen molar-refractivity contribution in [1.82, 2.24) is 19.7 Å². The zero-order chi connectivity index (χ0) is 16.4. The molecule has 0 fully saturated rings. The summed E-state index contributed by atoms with van der Waals surface area (Å²) >= 11 is 5.72. The number of halogens is 2.